The third kappa shape index (κ3) is 3.73. The van der Waals surface area contributed by atoms with E-state index in [2.05, 4.69) is 131 Å². The highest BCUT2D eigenvalue weighted by Crippen LogP contribution is 2.48. The van der Waals surface area contributed by atoms with Crippen LogP contribution in [0.3, 0.4) is 0 Å². The molecule has 162 valence electrons. The van der Waals surface area contributed by atoms with Crippen LogP contribution >= 0.6 is 0 Å². The second kappa shape index (κ2) is 9.04. The zero-order valence-electron chi connectivity index (χ0n) is 19.4. The van der Waals surface area contributed by atoms with Gasteiger partial charge in [-0.1, -0.05) is 131 Å². The van der Waals surface area contributed by atoms with Crippen molar-refractivity contribution < 1.29 is 5.11 Å². The second-order valence-corrected chi connectivity index (χ2v) is 9.16. The Morgan fingerprint density at radius 1 is 0.500 bits per heavy atom. The number of rotatable bonds is 6. The molecule has 1 heteroatoms. The summed E-state index contributed by atoms with van der Waals surface area (Å²) in [6.07, 6.45) is 0. The minimum absolute atomic E-state index is 0.215. The van der Waals surface area contributed by atoms with Crippen LogP contribution in [-0.2, 0) is 5.41 Å². The van der Waals surface area contributed by atoms with Gasteiger partial charge in [-0.2, -0.15) is 0 Å². The van der Waals surface area contributed by atoms with Gasteiger partial charge in [0.2, 0.25) is 0 Å². The van der Waals surface area contributed by atoms with E-state index in [-0.39, 0.29) is 11.8 Å². The van der Waals surface area contributed by atoms with Crippen molar-refractivity contribution in [3.8, 4) is 5.75 Å². The monoisotopic (exact) mass is 420 g/mol. The van der Waals surface area contributed by atoms with Gasteiger partial charge in [-0.15, -0.1) is 0 Å². The molecule has 0 saturated carbocycles. The largest absolute Gasteiger partial charge is 0.507 e. The summed E-state index contributed by atoms with van der Waals surface area (Å²) in [5, 5.41) is 11.1. The van der Waals surface area contributed by atoms with Crippen molar-refractivity contribution in [3.05, 3.63) is 137 Å². The van der Waals surface area contributed by atoms with Gasteiger partial charge in [0.25, 0.3) is 0 Å². The Morgan fingerprint density at radius 3 is 1.09 bits per heavy atom. The summed E-state index contributed by atoms with van der Waals surface area (Å²) in [6, 6.07) is 36.7. The minimum atomic E-state index is -0.495. The lowest BCUT2D eigenvalue weighted by atomic mass is 9.64. The van der Waals surface area contributed by atoms with Gasteiger partial charge in [-0.25, -0.2) is 0 Å². The van der Waals surface area contributed by atoms with Crippen molar-refractivity contribution in [2.24, 2.45) is 0 Å². The van der Waals surface area contributed by atoms with E-state index in [1.165, 1.54) is 22.3 Å². The van der Waals surface area contributed by atoms with Gasteiger partial charge in [-0.05, 0) is 45.2 Å². The van der Waals surface area contributed by atoms with Crippen LogP contribution in [0.2, 0.25) is 0 Å². The van der Waals surface area contributed by atoms with Gasteiger partial charge in [-0.3, -0.25) is 0 Å². The molecule has 0 aliphatic heterocycles. The number of hydrogen-bond acceptors (Lipinski definition) is 1. The first-order chi connectivity index (χ1) is 15.5. The van der Waals surface area contributed by atoms with Crippen LogP contribution in [0.5, 0.6) is 5.75 Å². The van der Waals surface area contributed by atoms with Gasteiger partial charge in [0.05, 0.1) is 5.41 Å². The van der Waals surface area contributed by atoms with Crippen molar-refractivity contribution >= 4 is 0 Å². The van der Waals surface area contributed by atoms with E-state index in [0.29, 0.717) is 5.75 Å². The van der Waals surface area contributed by atoms with Crippen LogP contribution in [0.4, 0.5) is 0 Å². The predicted molar refractivity (Wildman–Crippen MR) is 135 cm³/mol. The standard InChI is InChI=1S/C31H32O/c1-22(2)28-20-27(21-29(23(3)4)30(28)32)31(24-14-8-5-9-15-24,25-16-10-6-11-17-25)26-18-12-7-13-19-26/h5-23,32H,1-4H3. The fourth-order valence-electron chi connectivity index (χ4n) is 4.84. The maximum Gasteiger partial charge on any atom is 0.122 e. The van der Waals surface area contributed by atoms with Gasteiger partial charge in [0, 0.05) is 0 Å². The number of benzene rings is 4. The quantitative estimate of drug-likeness (QED) is 0.313. The third-order valence-electron chi connectivity index (χ3n) is 6.47. The molecule has 4 aromatic rings. The molecule has 0 unspecified atom stereocenters. The van der Waals surface area contributed by atoms with Crippen molar-refractivity contribution in [1.29, 1.82) is 0 Å². The maximum atomic E-state index is 11.1. The van der Waals surface area contributed by atoms with E-state index in [4.69, 9.17) is 0 Å². The van der Waals surface area contributed by atoms with E-state index in [1.54, 1.807) is 0 Å². The molecular weight excluding hydrogens is 388 g/mol. The van der Waals surface area contributed by atoms with E-state index < -0.39 is 5.41 Å². The number of phenolic OH excluding ortho intramolecular Hbond substituents is 1. The molecule has 0 aromatic heterocycles. The molecule has 0 spiro atoms. The van der Waals surface area contributed by atoms with Crippen LogP contribution in [0.25, 0.3) is 0 Å². The molecule has 0 fully saturated rings. The summed E-state index contributed by atoms with van der Waals surface area (Å²) in [6.45, 7) is 8.60. The topological polar surface area (TPSA) is 20.2 Å². The first kappa shape index (κ1) is 21.9. The summed E-state index contributed by atoms with van der Waals surface area (Å²) >= 11 is 0. The molecule has 0 saturated heterocycles. The summed E-state index contributed by atoms with van der Waals surface area (Å²) < 4.78 is 0. The number of phenols is 1. The highest BCUT2D eigenvalue weighted by molar-refractivity contribution is 5.62. The average molecular weight is 421 g/mol. The summed E-state index contributed by atoms with van der Waals surface area (Å²) in [5.41, 5.74) is 6.33. The third-order valence-corrected chi connectivity index (χ3v) is 6.47. The normalized spacial score (nSPS) is 11.8. The summed E-state index contributed by atoms with van der Waals surface area (Å²) in [4.78, 5) is 0. The van der Waals surface area contributed by atoms with Crippen LogP contribution in [-0.4, -0.2) is 5.11 Å². The second-order valence-electron chi connectivity index (χ2n) is 9.16. The molecule has 0 aliphatic carbocycles. The Kier molecular flexibility index (Phi) is 6.19. The SMILES string of the molecule is CC(C)c1cc(C(c2ccccc2)(c2ccccc2)c2ccccc2)cc(C(C)C)c1O. The molecule has 1 N–H and O–H groups in total. The molecule has 0 amide bonds. The molecule has 0 bridgehead atoms. The molecule has 0 aliphatic rings. The van der Waals surface area contributed by atoms with Gasteiger partial charge in [0.15, 0.2) is 0 Å². The lowest BCUT2D eigenvalue weighted by Crippen LogP contribution is -2.31. The summed E-state index contributed by atoms with van der Waals surface area (Å²) in [7, 11) is 0. The molecule has 0 atom stereocenters. The fourth-order valence-corrected chi connectivity index (χ4v) is 4.84. The fraction of sp³-hybridized carbons (Fsp3) is 0.226. The van der Waals surface area contributed by atoms with E-state index in [1.807, 2.05) is 0 Å². The lowest BCUT2D eigenvalue weighted by molar-refractivity contribution is 0.453. The molecule has 0 radical (unpaired) electrons. The van der Waals surface area contributed by atoms with Crippen molar-refractivity contribution in [1.82, 2.24) is 0 Å². The van der Waals surface area contributed by atoms with Crippen LogP contribution in [0, 0.1) is 0 Å². The van der Waals surface area contributed by atoms with Crippen LogP contribution < -0.4 is 0 Å². The Bertz CT molecular complexity index is 1030. The van der Waals surface area contributed by atoms with Crippen LogP contribution in [0.15, 0.2) is 103 Å². The minimum Gasteiger partial charge on any atom is -0.507 e. The predicted octanol–water partition coefficient (Wildman–Crippen LogP) is 8.02. The average Bonchev–Trinajstić information content (AvgIpc) is 2.82. The van der Waals surface area contributed by atoms with Crippen molar-refractivity contribution in [2.75, 3.05) is 0 Å². The Labute approximate surface area is 192 Å². The Hall–Kier alpha value is -3.32. The Morgan fingerprint density at radius 2 is 0.812 bits per heavy atom. The van der Waals surface area contributed by atoms with Gasteiger partial charge >= 0.3 is 0 Å². The lowest BCUT2D eigenvalue weighted by Gasteiger charge is -2.38. The highest BCUT2D eigenvalue weighted by atomic mass is 16.3. The highest BCUT2D eigenvalue weighted by Gasteiger charge is 2.39. The first-order valence-electron chi connectivity index (χ1n) is 11.5. The molecule has 1 nitrogen and oxygen atoms in total. The van der Waals surface area contributed by atoms with Crippen molar-refractivity contribution in [3.63, 3.8) is 0 Å². The molecule has 32 heavy (non-hydrogen) atoms. The van der Waals surface area contributed by atoms with Crippen molar-refractivity contribution in [2.45, 2.75) is 44.9 Å². The van der Waals surface area contributed by atoms with Gasteiger partial charge < -0.3 is 5.11 Å². The van der Waals surface area contributed by atoms with Gasteiger partial charge in [0.1, 0.15) is 5.75 Å². The number of aromatic hydroxyl groups is 1. The van der Waals surface area contributed by atoms with E-state index >= 15 is 0 Å². The first-order valence-corrected chi connectivity index (χ1v) is 11.5. The van der Waals surface area contributed by atoms with E-state index in [9.17, 15) is 5.11 Å². The molecule has 4 aromatic carbocycles. The molecule has 0 heterocycles. The van der Waals surface area contributed by atoms with E-state index in [0.717, 1.165) is 11.1 Å². The molecule has 4 rings (SSSR count). The maximum absolute atomic E-state index is 11.1. The Balaban J connectivity index is 2.19. The van der Waals surface area contributed by atoms with Crippen LogP contribution in [0.1, 0.15) is 72.9 Å². The smallest absolute Gasteiger partial charge is 0.122 e. The number of hydrogen-bond donors (Lipinski definition) is 1. The zero-order chi connectivity index (χ0) is 22.7. The summed E-state index contributed by atoms with van der Waals surface area (Å²) in [5.74, 6) is 0.863. The zero-order valence-corrected chi connectivity index (χ0v) is 19.4. The molecular formula is C31H32O.